The van der Waals surface area contributed by atoms with Gasteiger partial charge in [0.2, 0.25) is 5.91 Å². The molecule has 0 bridgehead atoms. The Balaban J connectivity index is 1.91. The zero-order valence-electron chi connectivity index (χ0n) is 11.0. The lowest BCUT2D eigenvalue weighted by Crippen LogP contribution is -2.33. The third-order valence-electron chi connectivity index (χ3n) is 3.52. The SMILES string of the molecule is O=C1CCCN(C(=O)Cc2ccsc2)c2ccccc21. The fourth-order valence-electron chi connectivity index (χ4n) is 2.52. The number of rotatable bonds is 2. The van der Waals surface area contributed by atoms with Gasteiger partial charge in [0.15, 0.2) is 5.78 Å². The molecule has 1 aromatic heterocycles. The molecular weight excluding hydrogens is 270 g/mol. The molecule has 0 saturated carbocycles. The lowest BCUT2D eigenvalue weighted by molar-refractivity contribution is -0.118. The van der Waals surface area contributed by atoms with Gasteiger partial charge in [-0.2, -0.15) is 11.3 Å². The second-order valence-electron chi connectivity index (χ2n) is 4.90. The summed E-state index contributed by atoms with van der Waals surface area (Å²) in [5.41, 5.74) is 2.46. The van der Waals surface area contributed by atoms with Gasteiger partial charge in [-0.15, -0.1) is 0 Å². The minimum absolute atomic E-state index is 0.0607. The Morgan fingerprint density at radius 1 is 1.25 bits per heavy atom. The van der Waals surface area contributed by atoms with Crippen LogP contribution < -0.4 is 4.90 Å². The number of amides is 1. The number of benzene rings is 1. The van der Waals surface area contributed by atoms with Gasteiger partial charge in [0.05, 0.1) is 12.1 Å². The van der Waals surface area contributed by atoms with Crippen molar-refractivity contribution in [3.05, 3.63) is 52.2 Å². The number of ketones is 1. The Labute approximate surface area is 121 Å². The number of carbonyl (C=O) groups excluding carboxylic acids is 2. The van der Waals surface area contributed by atoms with Crippen molar-refractivity contribution >= 4 is 28.7 Å². The van der Waals surface area contributed by atoms with Gasteiger partial charge in [0, 0.05) is 18.5 Å². The van der Waals surface area contributed by atoms with E-state index in [2.05, 4.69) is 0 Å². The molecule has 3 rings (SSSR count). The quantitative estimate of drug-likeness (QED) is 0.849. The zero-order valence-corrected chi connectivity index (χ0v) is 11.9. The van der Waals surface area contributed by atoms with Crippen molar-refractivity contribution in [2.45, 2.75) is 19.3 Å². The Bertz CT molecular complexity index is 634. The molecule has 0 N–H and O–H groups in total. The molecule has 1 amide bonds. The van der Waals surface area contributed by atoms with Gasteiger partial charge in [-0.25, -0.2) is 0 Å². The molecule has 4 heteroatoms. The lowest BCUT2D eigenvalue weighted by Gasteiger charge is -2.22. The van der Waals surface area contributed by atoms with E-state index in [-0.39, 0.29) is 11.7 Å². The van der Waals surface area contributed by atoms with Gasteiger partial charge in [0.1, 0.15) is 0 Å². The summed E-state index contributed by atoms with van der Waals surface area (Å²) in [6.45, 7) is 0.617. The Morgan fingerprint density at radius 2 is 2.10 bits per heavy atom. The van der Waals surface area contributed by atoms with Crippen LogP contribution in [0.5, 0.6) is 0 Å². The summed E-state index contributed by atoms with van der Waals surface area (Å²) in [6.07, 6.45) is 1.63. The van der Waals surface area contributed by atoms with Crippen LogP contribution in [0, 0.1) is 0 Å². The summed E-state index contributed by atoms with van der Waals surface area (Å²) >= 11 is 1.59. The lowest BCUT2D eigenvalue weighted by atomic mass is 10.1. The van der Waals surface area contributed by atoms with Crippen LogP contribution in [-0.4, -0.2) is 18.2 Å². The van der Waals surface area contributed by atoms with Crippen molar-refractivity contribution in [2.75, 3.05) is 11.4 Å². The predicted octanol–water partition coefficient (Wildman–Crippen LogP) is 3.30. The standard InChI is InChI=1S/C16H15NO2S/c18-15-6-3-8-17(14-5-2-1-4-13(14)15)16(19)10-12-7-9-20-11-12/h1-2,4-5,7,9,11H,3,6,8,10H2. The topological polar surface area (TPSA) is 37.4 Å². The average Bonchev–Trinajstić information content (AvgIpc) is 2.90. The van der Waals surface area contributed by atoms with Gasteiger partial charge >= 0.3 is 0 Å². The van der Waals surface area contributed by atoms with Crippen LogP contribution in [0.2, 0.25) is 0 Å². The maximum atomic E-state index is 12.5. The largest absolute Gasteiger partial charge is 0.311 e. The molecule has 0 unspecified atom stereocenters. The van der Waals surface area contributed by atoms with Gasteiger partial charge in [-0.05, 0) is 40.9 Å². The Kier molecular flexibility index (Phi) is 3.65. The van der Waals surface area contributed by atoms with Gasteiger partial charge in [-0.3, -0.25) is 9.59 Å². The van der Waals surface area contributed by atoms with Crippen LogP contribution in [0.4, 0.5) is 5.69 Å². The van der Waals surface area contributed by atoms with Crippen LogP contribution in [0.15, 0.2) is 41.1 Å². The first-order chi connectivity index (χ1) is 9.75. The minimum atomic E-state index is 0.0607. The van der Waals surface area contributed by atoms with Gasteiger partial charge in [-0.1, -0.05) is 12.1 Å². The molecule has 20 heavy (non-hydrogen) atoms. The second-order valence-corrected chi connectivity index (χ2v) is 5.68. The van der Waals surface area contributed by atoms with Crippen molar-refractivity contribution < 1.29 is 9.59 Å². The fourth-order valence-corrected chi connectivity index (χ4v) is 3.19. The summed E-state index contributed by atoms with van der Waals surface area (Å²) in [6, 6.07) is 9.38. The third-order valence-corrected chi connectivity index (χ3v) is 4.25. The zero-order chi connectivity index (χ0) is 13.9. The predicted molar refractivity (Wildman–Crippen MR) is 80.4 cm³/mol. The molecule has 0 aliphatic carbocycles. The Hall–Kier alpha value is -1.94. The highest BCUT2D eigenvalue weighted by Gasteiger charge is 2.24. The maximum absolute atomic E-state index is 12.5. The van der Waals surface area contributed by atoms with E-state index in [1.165, 1.54) is 0 Å². The molecule has 3 nitrogen and oxygen atoms in total. The van der Waals surface area contributed by atoms with E-state index >= 15 is 0 Å². The number of Topliss-reactive ketones (excluding diaryl/α,β-unsaturated/α-hetero) is 1. The average molecular weight is 285 g/mol. The summed E-state index contributed by atoms with van der Waals surface area (Å²) in [7, 11) is 0. The molecular formula is C16H15NO2S. The molecule has 2 heterocycles. The molecule has 0 atom stereocenters. The first-order valence-electron chi connectivity index (χ1n) is 6.69. The van der Waals surface area contributed by atoms with E-state index in [1.807, 2.05) is 41.1 Å². The molecule has 2 aromatic rings. The number of fused-ring (bicyclic) bond motifs is 1. The Morgan fingerprint density at radius 3 is 2.90 bits per heavy atom. The van der Waals surface area contributed by atoms with Crippen molar-refractivity contribution in [1.82, 2.24) is 0 Å². The first kappa shape index (κ1) is 13.1. The van der Waals surface area contributed by atoms with Crippen LogP contribution >= 0.6 is 11.3 Å². The van der Waals surface area contributed by atoms with Gasteiger partial charge < -0.3 is 4.90 Å². The first-order valence-corrected chi connectivity index (χ1v) is 7.63. The number of hydrogen-bond donors (Lipinski definition) is 0. The number of hydrogen-bond acceptors (Lipinski definition) is 3. The van der Waals surface area contributed by atoms with E-state index < -0.39 is 0 Å². The number of carbonyl (C=O) groups is 2. The molecule has 0 spiro atoms. The normalized spacial score (nSPS) is 14.8. The highest BCUT2D eigenvalue weighted by atomic mass is 32.1. The number of anilines is 1. The van der Waals surface area contributed by atoms with E-state index in [0.717, 1.165) is 17.7 Å². The molecule has 0 radical (unpaired) electrons. The van der Waals surface area contributed by atoms with E-state index in [0.29, 0.717) is 24.9 Å². The van der Waals surface area contributed by atoms with Crippen molar-refractivity contribution in [2.24, 2.45) is 0 Å². The highest BCUT2D eigenvalue weighted by molar-refractivity contribution is 7.08. The molecule has 1 aliphatic heterocycles. The highest BCUT2D eigenvalue weighted by Crippen LogP contribution is 2.26. The van der Waals surface area contributed by atoms with Crippen LogP contribution in [-0.2, 0) is 11.2 Å². The second kappa shape index (κ2) is 5.59. The van der Waals surface area contributed by atoms with E-state index in [1.54, 1.807) is 16.2 Å². The van der Waals surface area contributed by atoms with E-state index in [4.69, 9.17) is 0 Å². The molecule has 1 aliphatic rings. The maximum Gasteiger partial charge on any atom is 0.231 e. The molecule has 0 saturated heterocycles. The summed E-state index contributed by atoms with van der Waals surface area (Å²) in [5, 5.41) is 3.97. The smallest absolute Gasteiger partial charge is 0.231 e. The molecule has 0 fully saturated rings. The van der Waals surface area contributed by atoms with Gasteiger partial charge in [0.25, 0.3) is 0 Å². The number of para-hydroxylation sites is 1. The van der Waals surface area contributed by atoms with Crippen molar-refractivity contribution in [3.8, 4) is 0 Å². The third kappa shape index (κ3) is 2.51. The van der Waals surface area contributed by atoms with Crippen LogP contribution in [0.3, 0.4) is 0 Å². The number of nitrogens with zero attached hydrogens (tertiary/aromatic N) is 1. The van der Waals surface area contributed by atoms with E-state index in [9.17, 15) is 9.59 Å². The summed E-state index contributed by atoms with van der Waals surface area (Å²) in [5.74, 6) is 0.192. The summed E-state index contributed by atoms with van der Waals surface area (Å²) < 4.78 is 0. The van der Waals surface area contributed by atoms with Crippen LogP contribution in [0.1, 0.15) is 28.8 Å². The minimum Gasteiger partial charge on any atom is -0.311 e. The van der Waals surface area contributed by atoms with Crippen LogP contribution in [0.25, 0.3) is 0 Å². The number of thiophene rings is 1. The monoisotopic (exact) mass is 285 g/mol. The molecule has 102 valence electrons. The van der Waals surface area contributed by atoms with Crippen molar-refractivity contribution in [1.29, 1.82) is 0 Å². The van der Waals surface area contributed by atoms with Crippen molar-refractivity contribution in [3.63, 3.8) is 0 Å². The molecule has 1 aromatic carbocycles. The summed E-state index contributed by atoms with van der Waals surface area (Å²) in [4.78, 5) is 26.3. The fraction of sp³-hybridized carbons (Fsp3) is 0.250.